The van der Waals surface area contributed by atoms with E-state index in [0.29, 0.717) is 0 Å². The van der Waals surface area contributed by atoms with E-state index in [1.54, 1.807) is 0 Å². The molecule has 0 spiro atoms. The molecule has 0 aliphatic carbocycles. The summed E-state index contributed by atoms with van der Waals surface area (Å²) in [6.07, 6.45) is 0. The third-order valence-electron chi connectivity index (χ3n) is 14.6. The smallest absolute Gasteiger partial charge is 0.00139 e. The van der Waals surface area contributed by atoms with Crippen molar-refractivity contribution < 1.29 is 0 Å². The molecular formula is C68H42. The van der Waals surface area contributed by atoms with E-state index in [9.17, 15) is 0 Å². The number of hydrogen-bond acceptors (Lipinski definition) is 0. The van der Waals surface area contributed by atoms with Crippen LogP contribution in [0.3, 0.4) is 0 Å². The second-order valence-corrected chi connectivity index (χ2v) is 18.2. The summed E-state index contributed by atoms with van der Waals surface area (Å²) < 4.78 is 0. The minimum Gasteiger partial charge on any atom is -0.0622 e. The van der Waals surface area contributed by atoms with Crippen molar-refractivity contribution in [2.75, 3.05) is 0 Å². The Labute approximate surface area is 394 Å². The van der Waals surface area contributed by atoms with Crippen LogP contribution in [0.5, 0.6) is 0 Å². The normalized spacial score (nSPS) is 11.8. The predicted molar refractivity (Wildman–Crippen MR) is 294 cm³/mol. The fourth-order valence-corrected chi connectivity index (χ4v) is 11.8. The molecule has 0 atom stereocenters. The van der Waals surface area contributed by atoms with Crippen molar-refractivity contribution in [2.45, 2.75) is 0 Å². The molecule has 14 aromatic carbocycles. The van der Waals surface area contributed by atoms with E-state index in [0.717, 1.165) is 0 Å². The molecule has 68 heavy (non-hydrogen) atoms. The molecule has 14 aromatic rings. The highest BCUT2D eigenvalue weighted by atomic mass is 14.3. The van der Waals surface area contributed by atoms with E-state index in [2.05, 4.69) is 255 Å². The summed E-state index contributed by atoms with van der Waals surface area (Å²) in [7, 11) is 0. The number of rotatable bonds is 5. The molecule has 14 rings (SSSR count). The average molecular weight is 859 g/mol. The highest BCUT2D eigenvalue weighted by Gasteiger charge is 2.24. The SMILES string of the molecule is c1ccc(-c2c3ccccc3c(-c3c4ccccc4c(-c4ccc5c(-c6cccc7ccccc67)c6ccccc6c(-c6cccc7ccccc67)c5c4)c4ccccc34)c3ccccc23)cc1. The van der Waals surface area contributed by atoms with Gasteiger partial charge in [-0.25, -0.2) is 0 Å². The number of benzene rings is 14. The Bertz CT molecular complexity index is 4240. The van der Waals surface area contributed by atoms with Gasteiger partial charge in [-0.1, -0.05) is 249 Å². The first-order chi connectivity index (χ1) is 33.8. The first kappa shape index (κ1) is 38.4. The lowest BCUT2D eigenvalue weighted by molar-refractivity contribution is 1.66. The molecule has 0 fully saturated rings. The fourth-order valence-electron chi connectivity index (χ4n) is 11.8. The van der Waals surface area contributed by atoms with Crippen molar-refractivity contribution in [3.8, 4) is 55.6 Å². The highest BCUT2D eigenvalue weighted by Crippen LogP contribution is 2.52. The van der Waals surface area contributed by atoms with Crippen molar-refractivity contribution in [2.24, 2.45) is 0 Å². The van der Waals surface area contributed by atoms with Gasteiger partial charge >= 0.3 is 0 Å². The molecule has 0 saturated heterocycles. The minimum absolute atomic E-state index is 1.20. The van der Waals surface area contributed by atoms with E-state index in [1.807, 2.05) is 0 Å². The van der Waals surface area contributed by atoms with Crippen molar-refractivity contribution >= 4 is 86.2 Å². The van der Waals surface area contributed by atoms with E-state index in [1.165, 1.54) is 142 Å². The zero-order valence-corrected chi connectivity index (χ0v) is 37.2. The lowest BCUT2D eigenvalue weighted by Crippen LogP contribution is -1.95. The van der Waals surface area contributed by atoms with Gasteiger partial charge in [-0.3, -0.25) is 0 Å². The maximum Gasteiger partial charge on any atom is -0.00139 e. The van der Waals surface area contributed by atoms with Gasteiger partial charge in [0, 0.05) is 0 Å². The summed E-state index contributed by atoms with van der Waals surface area (Å²) in [5, 5.41) is 20.0. The third-order valence-corrected chi connectivity index (χ3v) is 14.6. The van der Waals surface area contributed by atoms with E-state index >= 15 is 0 Å². The summed E-state index contributed by atoms with van der Waals surface area (Å²) in [5.74, 6) is 0. The fraction of sp³-hybridized carbons (Fsp3) is 0. The topological polar surface area (TPSA) is 0 Å². The van der Waals surface area contributed by atoms with Crippen LogP contribution in [0.4, 0.5) is 0 Å². The van der Waals surface area contributed by atoms with Crippen LogP contribution in [0.1, 0.15) is 0 Å². The van der Waals surface area contributed by atoms with Gasteiger partial charge in [0.15, 0.2) is 0 Å². The molecule has 0 heteroatoms. The predicted octanol–water partition coefficient (Wildman–Crippen LogP) is 19.2. The Balaban J connectivity index is 1.12. The molecule has 0 aliphatic heterocycles. The van der Waals surface area contributed by atoms with Gasteiger partial charge in [0.25, 0.3) is 0 Å². The molecule has 0 N–H and O–H groups in total. The van der Waals surface area contributed by atoms with Crippen LogP contribution in [0.25, 0.3) is 142 Å². The summed E-state index contributed by atoms with van der Waals surface area (Å²) in [6, 6.07) is 94.8. The molecule has 0 aliphatic rings. The minimum atomic E-state index is 1.20. The Hall–Kier alpha value is -8.84. The Morgan fingerprint density at radius 3 is 0.868 bits per heavy atom. The first-order valence-electron chi connectivity index (χ1n) is 23.7. The molecule has 314 valence electrons. The zero-order valence-electron chi connectivity index (χ0n) is 37.2. The molecule has 0 nitrogen and oxygen atoms in total. The molecule has 0 heterocycles. The van der Waals surface area contributed by atoms with Gasteiger partial charge in [-0.05, 0) is 148 Å². The lowest BCUT2D eigenvalue weighted by atomic mass is 9.80. The molecular weight excluding hydrogens is 817 g/mol. The summed E-state index contributed by atoms with van der Waals surface area (Å²) in [5.41, 5.74) is 12.5. The summed E-state index contributed by atoms with van der Waals surface area (Å²) >= 11 is 0. The Kier molecular flexibility index (Phi) is 8.69. The molecule has 0 saturated carbocycles. The van der Waals surface area contributed by atoms with Crippen LogP contribution in [0.15, 0.2) is 255 Å². The van der Waals surface area contributed by atoms with Crippen molar-refractivity contribution in [1.29, 1.82) is 0 Å². The molecule has 0 amide bonds. The molecule has 0 unspecified atom stereocenters. The lowest BCUT2D eigenvalue weighted by Gasteiger charge is -2.23. The largest absolute Gasteiger partial charge is 0.0622 e. The van der Waals surface area contributed by atoms with E-state index in [4.69, 9.17) is 0 Å². The van der Waals surface area contributed by atoms with Gasteiger partial charge < -0.3 is 0 Å². The van der Waals surface area contributed by atoms with Crippen LogP contribution in [-0.4, -0.2) is 0 Å². The molecule has 0 radical (unpaired) electrons. The van der Waals surface area contributed by atoms with Crippen molar-refractivity contribution in [1.82, 2.24) is 0 Å². The Morgan fingerprint density at radius 2 is 0.441 bits per heavy atom. The van der Waals surface area contributed by atoms with Crippen LogP contribution in [0, 0.1) is 0 Å². The van der Waals surface area contributed by atoms with Gasteiger partial charge in [0.2, 0.25) is 0 Å². The molecule has 0 bridgehead atoms. The van der Waals surface area contributed by atoms with Gasteiger partial charge in [0.1, 0.15) is 0 Å². The molecule has 0 aromatic heterocycles. The van der Waals surface area contributed by atoms with Gasteiger partial charge in [0.05, 0.1) is 0 Å². The van der Waals surface area contributed by atoms with Crippen molar-refractivity contribution in [3.05, 3.63) is 255 Å². The van der Waals surface area contributed by atoms with Gasteiger partial charge in [-0.15, -0.1) is 0 Å². The van der Waals surface area contributed by atoms with Crippen molar-refractivity contribution in [3.63, 3.8) is 0 Å². The number of fused-ring (bicyclic) bond motifs is 8. The standard InChI is InChI=1S/C68H42/c1-2-22-45(23-3-1)63-51-28-8-14-34-57(51)67(58-35-15-9-29-52(58)63)68-59-36-16-10-30-53(59)64(54-31-11-17-37-60(54)68)46-40-41-61-62(42-46)66(50-39-19-25-44-21-5-7-27-48(44)50)56-33-13-12-32-55(56)65(61)49-38-18-24-43-20-4-6-26-47(43)49/h1-42H. The van der Waals surface area contributed by atoms with E-state index < -0.39 is 0 Å². The second-order valence-electron chi connectivity index (χ2n) is 18.2. The second kappa shape index (κ2) is 15.4. The van der Waals surface area contributed by atoms with Crippen LogP contribution >= 0.6 is 0 Å². The van der Waals surface area contributed by atoms with E-state index in [-0.39, 0.29) is 0 Å². The van der Waals surface area contributed by atoms with Crippen LogP contribution in [-0.2, 0) is 0 Å². The zero-order chi connectivity index (χ0) is 44.7. The Morgan fingerprint density at radius 1 is 0.147 bits per heavy atom. The van der Waals surface area contributed by atoms with Crippen LogP contribution < -0.4 is 0 Å². The third kappa shape index (κ3) is 5.74. The first-order valence-corrected chi connectivity index (χ1v) is 23.7. The summed E-state index contributed by atoms with van der Waals surface area (Å²) in [4.78, 5) is 0. The van der Waals surface area contributed by atoms with Gasteiger partial charge in [-0.2, -0.15) is 0 Å². The quantitative estimate of drug-likeness (QED) is 0.151. The maximum atomic E-state index is 2.51. The average Bonchev–Trinajstić information content (AvgIpc) is 3.41. The maximum absolute atomic E-state index is 2.51. The number of hydrogen-bond donors (Lipinski definition) is 0. The summed E-state index contributed by atoms with van der Waals surface area (Å²) in [6.45, 7) is 0. The van der Waals surface area contributed by atoms with Crippen LogP contribution in [0.2, 0.25) is 0 Å². The highest BCUT2D eigenvalue weighted by molar-refractivity contribution is 6.31. The monoisotopic (exact) mass is 858 g/mol.